The standard InChI is InChI=1S/C29H48O2.CH4/c1-20-10-11-22(19-26(20)30)12-13-23-9-8-16-29(7)24(14-15-25(23)29)21(2)27(3,4)17-18-28(5,6)31;/h12-13,21,24-26,30-31H,1,8-11,14-19H2,2-7H3;1H4/b22-12-,23-13+;/t21-,24?,25?,26-,29-;/m1./s1. The fourth-order valence-corrected chi connectivity index (χ4v) is 6.86. The largest absolute Gasteiger partial charge is 0.390 e. The Labute approximate surface area is 199 Å². The summed E-state index contributed by atoms with van der Waals surface area (Å²) in [6.45, 7) is 17.8. The minimum absolute atomic E-state index is 0. The van der Waals surface area contributed by atoms with E-state index >= 15 is 0 Å². The predicted molar refractivity (Wildman–Crippen MR) is 139 cm³/mol. The Kier molecular flexibility index (Phi) is 8.71. The normalized spacial score (nSPS) is 35.0. The van der Waals surface area contributed by atoms with Crippen LogP contribution in [-0.2, 0) is 0 Å². The molecule has 3 aliphatic rings. The molecule has 0 radical (unpaired) electrons. The lowest BCUT2D eigenvalue weighted by atomic mass is 9.57. The maximum atomic E-state index is 10.3. The average molecular weight is 445 g/mol. The summed E-state index contributed by atoms with van der Waals surface area (Å²) in [6, 6.07) is 0. The van der Waals surface area contributed by atoms with Crippen molar-refractivity contribution in [2.24, 2.45) is 28.6 Å². The lowest BCUT2D eigenvalue weighted by molar-refractivity contribution is 0.0127. The second kappa shape index (κ2) is 10.2. The molecule has 3 saturated carbocycles. The monoisotopic (exact) mass is 444 g/mol. The predicted octanol–water partition coefficient (Wildman–Crippen LogP) is 8.01. The van der Waals surface area contributed by atoms with E-state index in [1.54, 1.807) is 5.57 Å². The second-order valence-electron chi connectivity index (χ2n) is 12.6. The molecule has 0 aromatic carbocycles. The lowest BCUT2D eigenvalue weighted by Gasteiger charge is -2.48. The van der Waals surface area contributed by atoms with Crippen molar-refractivity contribution in [2.45, 2.75) is 125 Å². The van der Waals surface area contributed by atoms with Gasteiger partial charge in [0.15, 0.2) is 0 Å². The quantitative estimate of drug-likeness (QED) is 0.407. The van der Waals surface area contributed by atoms with Gasteiger partial charge < -0.3 is 10.2 Å². The minimum atomic E-state index is -0.577. The van der Waals surface area contributed by atoms with Crippen LogP contribution in [-0.4, -0.2) is 21.9 Å². The van der Waals surface area contributed by atoms with Crippen molar-refractivity contribution < 1.29 is 10.2 Å². The summed E-state index contributed by atoms with van der Waals surface area (Å²) >= 11 is 0. The van der Waals surface area contributed by atoms with E-state index in [1.807, 2.05) is 13.8 Å². The van der Waals surface area contributed by atoms with Crippen LogP contribution in [0.3, 0.4) is 0 Å². The summed E-state index contributed by atoms with van der Waals surface area (Å²) in [5, 5.41) is 20.4. The lowest BCUT2D eigenvalue weighted by Crippen LogP contribution is -2.40. The molecule has 2 heteroatoms. The molecule has 0 amide bonds. The molecule has 5 atom stereocenters. The molecule has 3 fully saturated rings. The topological polar surface area (TPSA) is 40.5 Å². The highest BCUT2D eigenvalue weighted by atomic mass is 16.3. The molecule has 3 rings (SSSR count). The van der Waals surface area contributed by atoms with Crippen LogP contribution >= 0.6 is 0 Å². The van der Waals surface area contributed by atoms with Gasteiger partial charge in [0.2, 0.25) is 0 Å². The van der Waals surface area contributed by atoms with Crippen molar-refractivity contribution in [1.29, 1.82) is 0 Å². The molecule has 0 aromatic rings. The molecule has 0 saturated heterocycles. The van der Waals surface area contributed by atoms with Crippen LogP contribution in [0.15, 0.2) is 35.5 Å². The number of aliphatic hydroxyl groups excluding tert-OH is 1. The highest BCUT2D eigenvalue weighted by molar-refractivity contribution is 5.28. The van der Waals surface area contributed by atoms with Gasteiger partial charge in [-0.25, -0.2) is 0 Å². The van der Waals surface area contributed by atoms with Crippen molar-refractivity contribution in [3.05, 3.63) is 35.5 Å². The molecule has 0 aliphatic heterocycles. The van der Waals surface area contributed by atoms with Crippen molar-refractivity contribution >= 4 is 0 Å². The maximum absolute atomic E-state index is 10.3. The molecule has 2 N–H and O–H groups in total. The Morgan fingerprint density at radius 3 is 2.41 bits per heavy atom. The van der Waals surface area contributed by atoms with Gasteiger partial charge in [-0.15, -0.1) is 0 Å². The van der Waals surface area contributed by atoms with E-state index in [4.69, 9.17) is 0 Å². The highest BCUT2D eigenvalue weighted by Gasteiger charge is 2.52. The van der Waals surface area contributed by atoms with E-state index in [9.17, 15) is 10.2 Å². The molecule has 0 spiro atoms. The SMILES string of the molecule is C.C=C1CC/C(=C/C=C2\CCC[C@@]3(C)C2CCC3[C@@H](C)C(C)(C)CCC(C)(C)O)C[C@H]1O. The first-order valence-corrected chi connectivity index (χ1v) is 12.8. The van der Waals surface area contributed by atoms with Crippen LogP contribution in [0.4, 0.5) is 0 Å². The number of fused-ring (bicyclic) bond motifs is 1. The van der Waals surface area contributed by atoms with Gasteiger partial charge in [0.05, 0.1) is 11.7 Å². The maximum Gasteiger partial charge on any atom is 0.0784 e. The number of aliphatic hydroxyl groups is 2. The van der Waals surface area contributed by atoms with E-state index in [0.29, 0.717) is 17.3 Å². The summed E-state index contributed by atoms with van der Waals surface area (Å²) in [7, 11) is 0. The number of rotatable bonds is 6. The van der Waals surface area contributed by atoms with E-state index < -0.39 is 5.60 Å². The molecule has 0 bridgehead atoms. The molecule has 2 nitrogen and oxygen atoms in total. The zero-order chi connectivity index (χ0) is 23.0. The summed E-state index contributed by atoms with van der Waals surface area (Å²) < 4.78 is 0. The Balaban J connectivity index is 0.00000363. The molecular weight excluding hydrogens is 392 g/mol. The summed E-state index contributed by atoms with van der Waals surface area (Å²) in [5.74, 6) is 2.12. The van der Waals surface area contributed by atoms with Crippen molar-refractivity contribution in [3.8, 4) is 0 Å². The van der Waals surface area contributed by atoms with Crippen molar-refractivity contribution in [2.75, 3.05) is 0 Å². The minimum Gasteiger partial charge on any atom is -0.390 e. The van der Waals surface area contributed by atoms with Gasteiger partial charge >= 0.3 is 0 Å². The van der Waals surface area contributed by atoms with Gasteiger partial charge in [0.25, 0.3) is 0 Å². The first kappa shape index (κ1) is 27.4. The van der Waals surface area contributed by atoms with Crippen LogP contribution in [0.2, 0.25) is 0 Å². The van der Waals surface area contributed by atoms with E-state index in [-0.39, 0.29) is 18.9 Å². The average Bonchev–Trinajstić information content (AvgIpc) is 3.03. The van der Waals surface area contributed by atoms with Gasteiger partial charge in [-0.2, -0.15) is 0 Å². The Hall–Kier alpha value is -0.860. The van der Waals surface area contributed by atoms with Crippen LogP contribution in [0, 0.1) is 28.6 Å². The van der Waals surface area contributed by atoms with Gasteiger partial charge in [-0.1, -0.05) is 65.0 Å². The van der Waals surface area contributed by atoms with Gasteiger partial charge in [-0.05, 0) is 112 Å². The number of hydrogen-bond acceptors (Lipinski definition) is 2. The number of allylic oxidation sites excluding steroid dienone is 3. The Morgan fingerprint density at radius 1 is 1.09 bits per heavy atom. The van der Waals surface area contributed by atoms with Crippen LogP contribution < -0.4 is 0 Å². The van der Waals surface area contributed by atoms with Gasteiger partial charge in [0.1, 0.15) is 0 Å². The van der Waals surface area contributed by atoms with Gasteiger partial charge in [-0.3, -0.25) is 0 Å². The first-order chi connectivity index (χ1) is 14.3. The van der Waals surface area contributed by atoms with Gasteiger partial charge in [0, 0.05) is 0 Å². The second-order valence-corrected chi connectivity index (χ2v) is 12.6. The van der Waals surface area contributed by atoms with Crippen LogP contribution in [0.25, 0.3) is 0 Å². The smallest absolute Gasteiger partial charge is 0.0784 e. The Bertz CT molecular complexity index is 720. The molecule has 32 heavy (non-hydrogen) atoms. The molecule has 184 valence electrons. The molecule has 3 aliphatic carbocycles. The van der Waals surface area contributed by atoms with Crippen LogP contribution in [0.5, 0.6) is 0 Å². The van der Waals surface area contributed by atoms with Crippen LogP contribution in [0.1, 0.15) is 113 Å². The van der Waals surface area contributed by atoms with E-state index in [1.165, 1.54) is 37.7 Å². The number of hydrogen-bond donors (Lipinski definition) is 2. The first-order valence-electron chi connectivity index (χ1n) is 12.8. The zero-order valence-electron chi connectivity index (χ0n) is 21.1. The highest BCUT2D eigenvalue weighted by Crippen LogP contribution is 2.61. The Morgan fingerprint density at radius 2 is 1.78 bits per heavy atom. The zero-order valence-corrected chi connectivity index (χ0v) is 21.1. The summed E-state index contributed by atoms with van der Waals surface area (Å²) in [4.78, 5) is 0. The van der Waals surface area contributed by atoms with E-state index in [2.05, 4.69) is 46.4 Å². The summed E-state index contributed by atoms with van der Waals surface area (Å²) in [5.41, 5.74) is 4.10. The van der Waals surface area contributed by atoms with Crippen molar-refractivity contribution in [1.82, 2.24) is 0 Å². The fraction of sp³-hybridized carbons (Fsp3) is 0.800. The van der Waals surface area contributed by atoms with Crippen molar-refractivity contribution in [3.63, 3.8) is 0 Å². The third-order valence-corrected chi connectivity index (χ3v) is 9.48. The van der Waals surface area contributed by atoms with E-state index in [0.717, 1.165) is 43.6 Å². The molecule has 2 unspecified atom stereocenters. The molecular formula is C30H52O2. The fourth-order valence-electron chi connectivity index (χ4n) is 6.86. The third kappa shape index (κ3) is 5.98. The third-order valence-electron chi connectivity index (χ3n) is 9.48. The molecule has 0 aromatic heterocycles. The summed E-state index contributed by atoms with van der Waals surface area (Å²) in [6.07, 6.45) is 15.7. The molecule has 0 heterocycles.